The van der Waals surface area contributed by atoms with Crippen molar-refractivity contribution in [2.45, 2.75) is 19.9 Å². The predicted molar refractivity (Wildman–Crippen MR) is 75.9 cm³/mol. The summed E-state index contributed by atoms with van der Waals surface area (Å²) in [6.45, 7) is 3.24. The van der Waals surface area contributed by atoms with Gasteiger partial charge in [-0.1, -0.05) is 0 Å². The van der Waals surface area contributed by atoms with Crippen molar-refractivity contribution in [2.75, 3.05) is 24.3 Å². The number of hydrogen-bond donors (Lipinski definition) is 2. The van der Waals surface area contributed by atoms with Crippen LogP contribution in [-0.4, -0.2) is 39.8 Å². The fourth-order valence-corrected chi connectivity index (χ4v) is 2.51. The van der Waals surface area contributed by atoms with Crippen LogP contribution in [0, 0.1) is 6.92 Å². The van der Waals surface area contributed by atoms with E-state index in [4.69, 9.17) is 10.5 Å². The molecule has 3 heterocycles. The topological polar surface area (TPSA) is 110 Å². The lowest BCUT2D eigenvalue weighted by atomic mass is 10.0. The third-order valence-electron chi connectivity index (χ3n) is 3.58. The maximum absolute atomic E-state index is 11.7. The number of carbonyl (C=O) groups is 1. The first-order chi connectivity index (χ1) is 10.1. The number of ether oxygens (including phenoxy) is 1. The Morgan fingerprint density at radius 2 is 2.33 bits per heavy atom. The molecule has 0 bridgehead atoms. The summed E-state index contributed by atoms with van der Waals surface area (Å²) < 4.78 is 4.76. The Morgan fingerprint density at radius 3 is 3.10 bits per heavy atom. The Kier molecular flexibility index (Phi) is 3.20. The highest BCUT2D eigenvalue weighted by molar-refractivity contribution is 5.89. The lowest BCUT2D eigenvalue weighted by molar-refractivity contribution is 0.0592. The third kappa shape index (κ3) is 2.28. The minimum absolute atomic E-state index is 0.238. The molecule has 110 valence electrons. The van der Waals surface area contributed by atoms with Crippen LogP contribution in [0.3, 0.4) is 0 Å². The number of rotatable bonds is 2. The third-order valence-corrected chi connectivity index (χ3v) is 3.58. The molecule has 1 aliphatic rings. The molecule has 0 aliphatic carbocycles. The lowest BCUT2D eigenvalue weighted by Crippen LogP contribution is -2.32. The fraction of sp³-hybridized carbons (Fsp3) is 0.385. The summed E-state index contributed by atoms with van der Waals surface area (Å²) in [4.78, 5) is 22.1. The largest absolute Gasteiger partial charge is 0.464 e. The van der Waals surface area contributed by atoms with Gasteiger partial charge >= 0.3 is 5.97 Å². The summed E-state index contributed by atoms with van der Waals surface area (Å²) in [7, 11) is 1.35. The number of aromatic amines is 1. The van der Waals surface area contributed by atoms with Gasteiger partial charge in [0.25, 0.3) is 0 Å². The van der Waals surface area contributed by atoms with E-state index in [0.29, 0.717) is 12.2 Å². The number of anilines is 2. The van der Waals surface area contributed by atoms with Crippen molar-refractivity contribution in [1.29, 1.82) is 0 Å². The number of fused-ring (bicyclic) bond motifs is 1. The minimum atomic E-state index is -0.437. The van der Waals surface area contributed by atoms with E-state index in [9.17, 15) is 4.79 Å². The van der Waals surface area contributed by atoms with Crippen molar-refractivity contribution >= 4 is 17.7 Å². The smallest absolute Gasteiger partial charge is 0.358 e. The van der Waals surface area contributed by atoms with E-state index in [1.807, 2.05) is 6.92 Å². The van der Waals surface area contributed by atoms with Gasteiger partial charge in [-0.2, -0.15) is 10.1 Å². The van der Waals surface area contributed by atoms with E-state index < -0.39 is 5.97 Å². The van der Waals surface area contributed by atoms with Crippen LogP contribution in [0.1, 0.15) is 27.3 Å². The maximum atomic E-state index is 11.7. The summed E-state index contributed by atoms with van der Waals surface area (Å²) in [5.41, 5.74) is 8.75. The van der Waals surface area contributed by atoms with E-state index in [1.54, 1.807) is 6.20 Å². The Morgan fingerprint density at radius 1 is 1.52 bits per heavy atom. The molecule has 3 rings (SSSR count). The minimum Gasteiger partial charge on any atom is -0.464 e. The number of esters is 1. The number of aryl methyl sites for hydroxylation is 1. The number of aromatic nitrogens is 4. The predicted octanol–water partition coefficient (Wildman–Crippen LogP) is 0.440. The molecule has 0 aromatic carbocycles. The molecule has 0 saturated heterocycles. The van der Waals surface area contributed by atoms with Gasteiger partial charge in [-0.15, -0.1) is 0 Å². The van der Waals surface area contributed by atoms with E-state index in [1.165, 1.54) is 7.11 Å². The van der Waals surface area contributed by atoms with Crippen molar-refractivity contribution in [1.82, 2.24) is 20.2 Å². The molecule has 1 aliphatic heterocycles. The molecule has 0 saturated carbocycles. The van der Waals surface area contributed by atoms with Crippen LogP contribution >= 0.6 is 0 Å². The van der Waals surface area contributed by atoms with Crippen molar-refractivity contribution < 1.29 is 9.53 Å². The molecular weight excluding hydrogens is 272 g/mol. The van der Waals surface area contributed by atoms with Crippen LogP contribution in [0.25, 0.3) is 0 Å². The number of H-pyrrole nitrogens is 1. The van der Waals surface area contributed by atoms with Gasteiger partial charge in [0.15, 0.2) is 5.69 Å². The standard InChI is InChI=1S/C13H16N6O2/c1-7-5-15-13(14)16-11(7)19-4-3-9-8(6-19)10(18-17-9)12(20)21-2/h5H,3-4,6H2,1-2H3,(H,17,18)(H2,14,15,16). The summed E-state index contributed by atoms with van der Waals surface area (Å²) >= 11 is 0. The molecule has 0 radical (unpaired) electrons. The van der Waals surface area contributed by atoms with Gasteiger partial charge in [-0.05, 0) is 6.92 Å². The first-order valence-corrected chi connectivity index (χ1v) is 6.58. The first kappa shape index (κ1) is 13.3. The summed E-state index contributed by atoms with van der Waals surface area (Å²) in [5.74, 6) is 0.584. The molecule has 0 amide bonds. The Hall–Kier alpha value is -2.64. The zero-order valence-electron chi connectivity index (χ0n) is 11.9. The number of nitrogen functional groups attached to an aromatic ring is 1. The molecule has 0 spiro atoms. The van der Waals surface area contributed by atoms with E-state index >= 15 is 0 Å². The second kappa shape index (κ2) is 5.04. The molecule has 2 aromatic rings. The van der Waals surface area contributed by atoms with E-state index in [-0.39, 0.29) is 5.95 Å². The van der Waals surface area contributed by atoms with Crippen molar-refractivity contribution in [3.63, 3.8) is 0 Å². The molecule has 8 heteroatoms. The van der Waals surface area contributed by atoms with Gasteiger partial charge in [-0.3, -0.25) is 5.10 Å². The van der Waals surface area contributed by atoms with Crippen LogP contribution in [0.2, 0.25) is 0 Å². The molecule has 8 nitrogen and oxygen atoms in total. The first-order valence-electron chi connectivity index (χ1n) is 6.58. The summed E-state index contributed by atoms with van der Waals surface area (Å²) in [5, 5.41) is 6.96. The highest BCUT2D eigenvalue weighted by Crippen LogP contribution is 2.26. The number of nitrogens with one attached hydrogen (secondary N) is 1. The SMILES string of the molecule is COC(=O)c1n[nH]c2c1CN(c1nc(N)ncc1C)CC2. The monoisotopic (exact) mass is 288 g/mol. The molecule has 0 atom stereocenters. The quantitative estimate of drug-likeness (QED) is 0.771. The highest BCUT2D eigenvalue weighted by atomic mass is 16.5. The van der Waals surface area contributed by atoms with Crippen LogP contribution in [0.5, 0.6) is 0 Å². The van der Waals surface area contributed by atoms with Gasteiger partial charge in [0.1, 0.15) is 5.82 Å². The zero-order valence-corrected chi connectivity index (χ0v) is 11.9. The van der Waals surface area contributed by atoms with Gasteiger partial charge in [0, 0.05) is 42.5 Å². The molecule has 21 heavy (non-hydrogen) atoms. The number of methoxy groups -OCH3 is 1. The van der Waals surface area contributed by atoms with Crippen LogP contribution in [-0.2, 0) is 17.7 Å². The Bertz CT molecular complexity index is 696. The average molecular weight is 288 g/mol. The molecule has 3 N–H and O–H groups in total. The number of nitrogens with zero attached hydrogens (tertiary/aromatic N) is 4. The van der Waals surface area contributed by atoms with Crippen LogP contribution < -0.4 is 10.6 Å². The number of hydrogen-bond acceptors (Lipinski definition) is 7. The average Bonchev–Trinajstić information content (AvgIpc) is 2.92. The highest BCUT2D eigenvalue weighted by Gasteiger charge is 2.27. The molecule has 0 unspecified atom stereocenters. The Labute approximate surface area is 121 Å². The maximum Gasteiger partial charge on any atom is 0.358 e. The lowest BCUT2D eigenvalue weighted by Gasteiger charge is -2.29. The van der Waals surface area contributed by atoms with Crippen molar-refractivity contribution in [3.05, 3.63) is 28.7 Å². The normalized spacial score (nSPS) is 13.9. The van der Waals surface area contributed by atoms with Gasteiger partial charge in [0.2, 0.25) is 5.95 Å². The number of nitrogens with two attached hydrogens (primary N) is 1. The van der Waals surface area contributed by atoms with Gasteiger partial charge in [-0.25, -0.2) is 9.78 Å². The van der Waals surface area contributed by atoms with Crippen molar-refractivity contribution in [2.24, 2.45) is 0 Å². The fourth-order valence-electron chi connectivity index (χ4n) is 2.51. The van der Waals surface area contributed by atoms with Gasteiger partial charge in [0.05, 0.1) is 7.11 Å². The van der Waals surface area contributed by atoms with E-state index in [0.717, 1.165) is 35.6 Å². The van der Waals surface area contributed by atoms with Crippen LogP contribution in [0.4, 0.5) is 11.8 Å². The second-order valence-corrected chi connectivity index (χ2v) is 4.93. The second-order valence-electron chi connectivity index (χ2n) is 4.93. The molecule has 0 fully saturated rings. The molecular formula is C13H16N6O2. The zero-order chi connectivity index (χ0) is 15.0. The van der Waals surface area contributed by atoms with E-state index in [2.05, 4.69) is 25.1 Å². The summed E-state index contributed by atoms with van der Waals surface area (Å²) in [6, 6.07) is 0. The number of carbonyl (C=O) groups excluding carboxylic acids is 1. The molecule has 2 aromatic heterocycles. The van der Waals surface area contributed by atoms with Crippen LogP contribution in [0.15, 0.2) is 6.20 Å². The Balaban J connectivity index is 1.95. The summed E-state index contributed by atoms with van der Waals surface area (Å²) in [6.07, 6.45) is 2.45. The van der Waals surface area contributed by atoms with Gasteiger partial charge < -0.3 is 15.4 Å². The van der Waals surface area contributed by atoms with Crippen molar-refractivity contribution in [3.8, 4) is 0 Å².